The van der Waals surface area contributed by atoms with E-state index in [0.29, 0.717) is 32.4 Å². The SMILES string of the molecule is CC(C)[C@H](N)C(=O)N(C1CCN(C(=O)OCc2ccccc2)CC1)[C@@H](CCCNC(N)=O)C(=O)O. The van der Waals surface area contributed by atoms with E-state index < -0.39 is 42.1 Å². The molecule has 0 saturated carbocycles. The maximum atomic E-state index is 13.3. The van der Waals surface area contributed by atoms with E-state index in [-0.39, 0.29) is 25.5 Å². The number of nitrogens with zero attached hydrogens (tertiary/aromatic N) is 2. The molecule has 2 atom stereocenters. The van der Waals surface area contributed by atoms with Gasteiger partial charge in [0.25, 0.3) is 0 Å². The van der Waals surface area contributed by atoms with Gasteiger partial charge in [-0.05, 0) is 37.2 Å². The largest absolute Gasteiger partial charge is 0.480 e. The van der Waals surface area contributed by atoms with E-state index in [4.69, 9.17) is 16.2 Å². The number of rotatable bonds is 11. The number of benzene rings is 1. The van der Waals surface area contributed by atoms with E-state index in [2.05, 4.69) is 5.32 Å². The van der Waals surface area contributed by atoms with E-state index in [1.807, 2.05) is 30.3 Å². The third-order valence-electron chi connectivity index (χ3n) is 6.15. The van der Waals surface area contributed by atoms with Gasteiger partial charge in [-0.3, -0.25) is 4.79 Å². The highest BCUT2D eigenvalue weighted by atomic mass is 16.6. The van der Waals surface area contributed by atoms with Crippen LogP contribution in [-0.4, -0.2) is 76.7 Å². The zero-order chi connectivity index (χ0) is 26.0. The van der Waals surface area contributed by atoms with Crippen molar-refractivity contribution in [1.29, 1.82) is 0 Å². The average molecular weight is 492 g/mol. The number of carboxylic acid groups (broad SMARTS) is 1. The van der Waals surface area contributed by atoms with Gasteiger partial charge in [-0.15, -0.1) is 0 Å². The van der Waals surface area contributed by atoms with Crippen LogP contribution in [0.15, 0.2) is 30.3 Å². The van der Waals surface area contributed by atoms with Crippen molar-refractivity contribution in [2.45, 2.75) is 64.3 Å². The van der Waals surface area contributed by atoms with Gasteiger partial charge in [-0.25, -0.2) is 14.4 Å². The van der Waals surface area contributed by atoms with Crippen molar-refractivity contribution >= 4 is 24.0 Å². The Morgan fingerprint density at radius 1 is 1.17 bits per heavy atom. The van der Waals surface area contributed by atoms with Crippen LogP contribution in [0, 0.1) is 5.92 Å². The van der Waals surface area contributed by atoms with Gasteiger partial charge in [0, 0.05) is 25.7 Å². The average Bonchev–Trinajstić information content (AvgIpc) is 2.84. The van der Waals surface area contributed by atoms with Crippen molar-refractivity contribution in [3.05, 3.63) is 35.9 Å². The molecule has 11 nitrogen and oxygen atoms in total. The third kappa shape index (κ3) is 8.43. The van der Waals surface area contributed by atoms with Crippen molar-refractivity contribution < 1.29 is 29.0 Å². The number of carboxylic acids is 1. The standard InChI is InChI=1S/C24H37N5O6/c1-16(2)20(25)21(30)29(19(22(31)32)9-6-12-27-23(26)33)18-10-13-28(14-11-18)24(34)35-15-17-7-4-3-5-8-17/h3-5,7-8,16,18-20H,6,9-15,25H2,1-2H3,(H,31,32)(H3,26,27,33)/t19-,20-/m0/s1. The molecule has 1 heterocycles. The van der Waals surface area contributed by atoms with Crippen LogP contribution >= 0.6 is 0 Å². The summed E-state index contributed by atoms with van der Waals surface area (Å²) in [5.41, 5.74) is 12.1. The van der Waals surface area contributed by atoms with Crippen molar-refractivity contribution in [2.24, 2.45) is 17.4 Å². The summed E-state index contributed by atoms with van der Waals surface area (Å²) in [5.74, 6) is -1.75. The molecule has 1 fully saturated rings. The highest BCUT2D eigenvalue weighted by Crippen LogP contribution is 2.24. The van der Waals surface area contributed by atoms with Gasteiger partial charge in [-0.2, -0.15) is 0 Å². The van der Waals surface area contributed by atoms with Gasteiger partial charge in [0.15, 0.2) is 0 Å². The fourth-order valence-electron chi connectivity index (χ4n) is 4.07. The second kappa shape index (κ2) is 13.5. The van der Waals surface area contributed by atoms with Gasteiger partial charge in [0.05, 0.1) is 6.04 Å². The highest BCUT2D eigenvalue weighted by molar-refractivity contribution is 5.87. The predicted octanol–water partition coefficient (Wildman–Crippen LogP) is 1.50. The molecule has 35 heavy (non-hydrogen) atoms. The number of likely N-dealkylation sites (tertiary alicyclic amines) is 1. The number of hydrogen-bond donors (Lipinski definition) is 4. The van der Waals surface area contributed by atoms with Crippen LogP contribution in [0.25, 0.3) is 0 Å². The van der Waals surface area contributed by atoms with Crippen molar-refractivity contribution in [3.63, 3.8) is 0 Å². The maximum absolute atomic E-state index is 13.3. The minimum Gasteiger partial charge on any atom is -0.480 e. The van der Waals surface area contributed by atoms with Crippen LogP contribution in [0.4, 0.5) is 9.59 Å². The second-order valence-corrected chi connectivity index (χ2v) is 9.06. The third-order valence-corrected chi connectivity index (χ3v) is 6.15. The summed E-state index contributed by atoms with van der Waals surface area (Å²) < 4.78 is 5.40. The van der Waals surface area contributed by atoms with Gasteiger partial charge in [-0.1, -0.05) is 44.2 Å². The number of piperidine rings is 1. The van der Waals surface area contributed by atoms with Crippen LogP contribution in [0.2, 0.25) is 0 Å². The summed E-state index contributed by atoms with van der Waals surface area (Å²) in [6, 6.07) is 6.30. The lowest BCUT2D eigenvalue weighted by Gasteiger charge is -2.42. The Bertz CT molecular complexity index is 857. The van der Waals surface area contributed by atoms with Crippen molar-refractivity contribution in [2.75, 3.05) is 19.6 Å². The molecule has 0 bridgehead atoms. The summed E-state index contributed by atoms with van der Waals surface area (Å²) in [4.78, 5) is 51.8. The van der Waals surface area contributed by atoms with Crippen LogP contribution in [0.1, 0.15) is 45.1 Å². The van der Waals surface area contributed by atoms with Gasteiger partial charge in [0.1, 0.15) is 12.6 Å². The quantitative estimate of drug-likeness (QED) is 0.340. The fraction of sp³-hybridized carbons (Fsp3) is 0.583. The molecule has 1 saturated heterocycles. The number of primary amides is 1. The number of nitrogens with two attached hydrogens (primary N) is 2. The van der Waals surface area contributed by atoms with Crippen LogP contribution in [-0.2, 0) is 20.9 Å². The van der Waals surface area contributed by atoms with Crippen molar-refractivity contribution in [3.8, 4) is 0 Å². The molecule has 0 aliphatic carbocycles. The topological polar surface area (TPSA) is 168 Å². The first-order chi connectivity index (χ1) is 16.6. The molecule has 1 aliphatic rings. The van der Waals surface area contributed by atoms with Crippen molar-refractivity contribution in [1.82, 2.24) is 15.1 Å². The smallest absolute Gasteiger partial charge is 0.410 e. The number of nitrogens with one attached hydrogen (secondary N) is 1. The molecule has 1 aromatic carbocycles. The van der Waals surface area contributed by atoms with E-state index in [9.17, 15) is 24.3 Å². The zero-order valence-electron chi connectivity index (χ0n) is 20.4. The fourth-order valence-corrected chi connectivity index (χ4v) is 4.07. The Kier molecular flexibility index (Phi) is 10.8. The van der Waals surface area contributed by atoms with Gasteiger partial charge >= 0.3 is 18.1 Å². The summed E-state index contributed by atoms with van der Waals surface area (Å²) in [6.07, 6.45) is 0.813. The van der Waals surface area contributed by atoms with Crippen LogP contribution in [0.3, 0.4) is 0 Å². The monoisotopic (exact) mass is 491 g/mol. The van der Waals surface area contributed by atoms with Crippen LogP contribution < -0.4 is 16.8 Å². The molecule has 0 unspecified atom stereocenters. The lowest BCUT2D eigenvalue weighted by molar-refractivity contribution is -0.155. The lowest BCUT2D eigenvalue weighted by atomic mass is 9.95. The number of carbonyl (C=O) groups excluding carboxylic acids is 3. The molecule has 0 aromatic heterocycles. The molecule has 0 spiro atoms. The number of urea groups is 1. The van der Waals surface area contributed by atoms with Crippen LogP contribution in [0.5, 0.6) is 0 Å². The molecule has 6 N–H and O–H groups in total. The lowest BCUT2D eigenvalue weighted by Crippen LogP contribution is -2.59. The molecule has 1 aromatic rings. The molecule has 4 amide bonds. The first kappa shape index (κ1) is 27.9. The normalized spacial score (nSPS) is 15.8. The number of hydrogen-bond acceptors (Lipinski definition) is 6. The molecule has 2 rings (SSSR count). The Labute approximate surface area is 205 Å². The molecular weight excluding hydrogens is 454 g/mol. The Morgan fingerprint density at radius 2 is 1.80 bits per heavy atom. The van der Waals surface area contributed by atoms with E-state index >= 15 is 0 Å². The molecule has 1 aliphatic heterocycles. The second-order valence-electron chi connectivity index (χ2n) is 9.06. The molecule has 11 heteroatoms. The number of amides is 4. The Hall–Kier alpha value is -3.34. The minimum atomic E-state index is -1.14. The first-order valence-electron chi connectivity index (χ1n) is 11.9. The Morgan fingerprint density at radius 3 is 2.34 bits per heavy atom. The molecule has 194 valence electrons. The summed E-state index contributed by atoms with van der Waals surface area (Å²) >= 11 is 0. The molecule has 0 radical (unpaired) electrons. The Balaban J connectivity index is 2.06. The number of aliphatic carboxylic acids is 1. The number of carbonyl (C=O) groups is 4. The zero-order valence-corrected chi connectivity index (χ0v) is 20.4. The minimum absolute atomic E-state index is 0.130. The molecular formula is C24H37N5O6. The highest BCUT2D eigenvalue weighted by Gasteiger charge is 2.39. The summed E-state index contributed by atoms with van der Waals surface area (Å²) in [5, 5.41) is 12.4. The van der Waals surface area contributed by atoms with Gasteiger partial charge in [0.2, 0.25) is 5.91 Å². The maximum Gasteiger partial charge on any atom is 0.410 e. The van der Waals surface area contributed by atoms with E-state index in [1.165, 1.54) is 4.90 Å². The predicted molar refractivity (Wildman–Crippen MR) is 129 cm³/mol. The number of ether oxygens (including phenoxy) is 1. The summed E-state index contributed by atoms with van der Waals surface area (Å²) in [6.45, 7) is 4.62. The van der Waals surface area contributed by atoms with E-state index in [0.717, 1.165) is 5.56 Å². The summed E-state index contributed by atoms with van der Waals surface area (Å²) in [7, 11) is 0. The first-order valence-corrected chi connectivity index (χ1v) is 11.9. The van der Waals surface area contributed by atoms with Gasteiger partial charge < -0.3 is 36.4 Å². The van der Waals surface area contributed by atoms with E-state index in [1.54, 1.807) is 18.7 Å².